The maximum Gasteiger partial charge on any atom is 0.117 e. The summed E-state index contributed by atoms with van der Waals surface area (Å²) in [5, 5.41) is 1.02. The van der Waals surface area contributed by atoms with Crippen molar-refractivity contribution in [1.29, 1.82) is 0 Å². The molecule has 2 nitrogen and oxygen atoms in total. The van der Waals surface area contributed by atoms with Crippen molar-refractivity contribution in [1.82, 2.24) is 4.98 Å². The number of fused-ring (bicyclic) bond motifs is 1. The molecule has 0 atom stereocenters. The minimum absolute atomic E-state index is 1.02. The molecule has 0 radical (unpaired) electrons. The second-order valence-electron chi connectivity index (χ2n) is 7.95. The van der Waals surface area contributed by atoms with Gasteiger partial charge in [0.2, 0.25) is 0 Å². The minimum Gasteiger partial charge on any atom is -0.311 e. The van der Waals surface area contributed by atoms with Crippen LogP contribution in [-0.4, -0.2) is 4.98 Å². The van der Waals surface area contributed by atoms with Crippen molar-refractivity contribution in [2.75, 3.05) is 4.90 Å². The Morgan fingerprint density at radius 2 is 1.16 bits per heavy atom. The van der Waals surface area contributed by atoms with Gasteiger partial charge in [-0.3, -0.25) is 0 Å². The predicted molar refractivity (Wildman–Crippen MR) is 139 cm³/mol. The molecule has 0 spiro atoms. The normalized spacial score (nSPS) is 11.3. The number of hydrogen-bond acceptors (Lipinski definition) is 3. The first kappa shape index (κ1) is 20.2. The van der Waals surface area contributed by atoms with Crippen molar-refractivity contribution < 1.29 is 0 Å². The maximum atomic E-state index is 4.69. The zero-order valence-electron chi connectivity index (χ0n) is 18.2. The largest absolute Gasteiger partial charge is 0.311 e. The first-order chi connectivity index (χ1) is 15.7. The molecule has 5 aromatic rings. The van der Waals surface area contributed by atoms with E-state index in [1.165, 1.54) is 15.8 Å². The van der Waals surface area contributed by atoms with Crippen molar-refractivity contribution in [2.24, 2.45) is 0 Å². The molecule has 0 unspecified atom stereocenters. The molecular formula is C29H24N2S. The van der Waals surface area contributed by atoms with E-state index < -0.39 is 0 Å². The molecule has 0 bridgehead atoms. The lowest BCUT2D eigenvalue weighted by Crippen LogP contribution is -2.09. The molecule has 0 aliphatic carbocycles. The fourth-order valence-corrected chi connectivity index (χ4v) is 4.57. The third-order valence-electron chi connectivity index (χ3n) is 5.46. The van der Waals surface area contributed by atoms with Crippen LogP contribution in [0.25, 0.3) is 22.4 Å². The molecule has 0 N–H and O–H groups in total. The van der Waals surface area contributed by atoms with Crippen LogP contribution in [0, 0.1) is 13.8 Å². The SMILES string of the molecule is Cc1ccc(N(c2ccc(C)cc2)c2ccc(C=Cc3nc4ccccc4s3)cc2)cc1. The number of nitrogens with zero attached hydrogens (tertiary/aromatic N) is 2. The van der Waals surface area contributed by atoms with Crippen LogP contribution < -0.4 is 4.90 Å². The van der Waals surface area contributed by atoms with Crippen molar-refractivity contribution in [3.8, 4) is 0 Å². The molecule has 5 rings (SSSR count). The summed E-state index contributed by atoms with van der Waals surface area (Å²) in [6.45, 7) is 4.24. The molecule has 1 aromatic heterocycles. The number of aryl methyl sites for hydroxylation is 2. The molecule has 0 saturated heterocycles. The molecule has 0 saturated carbocycles. The molecule has 1 heterocycles. The van der Waals surface area contributed by atoms with E-state index in [1.807, 2.05) is 6.07 Å². The van der Waals surface area contributed by atoms with Gasteiger partial charge in [-0.05, 0) is 74.0 Å². The molecule has 3 heteroatoms. The first-order valence-electron chi connectivity index (χ1n) is 10.7. The lowest BCUT2D eigenvalue weighted by atomic mass is 10.1. The highest BCUT2D eigenvalue weighted by Gasteiger charge is 2.12. The average molecular weight is 433 g/mol. The van der Waals surface area contributed by atoms with Crippen LogP contribution in [0.1, 0.15) is 21.7 Å². The molecule has 0 aliphatic heterocycles. The highest BCUT2D eigenvalue weighted by Crippen LogP contribution is 2.35. The Hall–Kier alpha value is -3.69. The third kappa shape index (κ3) is 4.34. The van der Waals surface area contributed by atoms with Crippen molar-refractivity contribution in [3.05, 3.63) is 119 Å². The van der Waals surface area contributed by atoms with E-state index in [0.717, 1.165) is 33.1 Å². The second-order valence-corrected chi connectivity index (χ2v) is 9.01. The van der Waals surface area contributed by atoms with E-state index in [1.54, 1.807) is 11.3 Å². The summed E-state index contributed by atoms with van der Waals surface area (Å²) in [6.07, 6.45) is 4.22. The highest BCUT2D eigenvalue weighted by atomic mass is 32.1. The monoisotopic (exact) mass is 432 g/mol. The van der Waals surface area contributed by atoms with E-state index in [4.69, 9.17) is 4.98 Å². The standard InChI is InChI=1S/C29H24N2S/c1-21-7-14-24(15-8-21)31(25-16-9-22(2)10-17-25)26-18-11-23(12-19-26)13-20-29-30-27-5-3-4-6-28(27)32-29/h3-20H,1-2H3. The predicted octanol–water partition coefficient (Wildman–Crippen LogP) is 8.55. The first-order valence-corrected chi connectivity index (χ1v) is 11.5. The Bertz CT molecular complexity index is 1280. The number of hydrogen-bond donors (Lipinski definition) is 0. The average Bonchev–Trinajstić information content (AvgIpc) is 3.24. The van der Waals surface area contributed by atoms with Crippen molar-refractivity contribution in [2.45, 2.75) is 13.8 Å². The number of anilines is 3. The van der Waals surface area contributed by atoms with E-state index in [-0.39, 0.29) is 0 Å². The van der Waals surface area contributed by atoms with E-state index in [2.05, 4.69) is 122 Å². The van der Waals surface area contributed by atoms with Gasteiger partial charge in [-0.25, -0.2) is 4.98 Å². The van der Waals surface area contributed by atoms with E-state index >= 15 is 0 Å². The molecule has 4 aromatic carbocycles. The maximum absolute atomic E-state index is 4.69. The van der Waals surface area contributed by atoms with Crippen LogP contribution in [0.2, 0.25) is 0 Å². The number of aromatic nitrogens is 1. The quantitative estimate of drug-likeness (QED) is 0.276. The lowest BCUT2D eigenvalue weighted by molar-refractivity contribution is 1.27. The minimum atomic E-state index is 1.02. The van der Waals surface area contributed by atoms with Crippen LogP contribution in [-0.2, 0) is 0 Å². The van der Waals surface area contributed by atoms with Gasteiger partial charge in [-0.1, -0.05) is 65.7 Å². The summed E-state index contributed by atoms with van der Waals surface area (Å²) in [6, 6.07) is 34.3. The number of thiazole rings is 1. The number of rotatable bonds is 5. The Kier molecular flexibility index (Phi) is 5.57. The number of para-hydroxylation sites is 1. The number of benzene rings is 4. The summed E-state index contributed by atoms with van der Waals surface area (Å²) in [5.41, 5.74) is 8.16. The summed E-state index contributed by atoms with van der Waals surface area (Å²) in [4.78, 5) is 6.98. The van der Waals surface area contributed by atoms with Gasteiger partial charge in [-0.15, -0.1) is 11.3 Å². The molecule has 32 heavy (non-hydrogen) atoms. The van der Waals surface area contributed by atoms with E-state index in [9.17, 15) is 0 Å². The van der Waals surface area contributed by atoms with Crippen LogP contribution >= 0.6 is 11.3 Å². The van der Waals surface area contributed by atoms with Crippen LogP contribution in [0.5, 0.6) is 0 Å². The Morgan fingerprint density at radius 1 is 0.625 bits per heavy atom. The zero-order chi connectivity index (χ0) is 21.9. The highest BCUT2D eigenvalue weighted by molar-refractivity contribution is 7.19. The van der Waals surface area contributed by atoms with Gasteiger partial charge in [0.25, 0.3) is 0 Å². The molecule has 156 valence electrons. The Morgan fingerprint density at radius 3 is 1.72 bits per heavy atom. The Balaban J connectivity index is 1.44. The smallest absolute Gasteiger partial charge is 0.117 e. The van der Waals surface area contributed by atoms with Crippen molar-refractivity contribution in [3.63, 3.8) is 0 Å². The lowest BCUT2D eigenvalue weighted by Gasteiger charge is -2.25. The Labute approximate surface area is 193 Å². The van der Waals surface area contributed by atoms with Gasteiger partial charge in [-0.2, -0.15) is 0 Å². The van der Waals surface area contributed by atoms with Gasteiger partial charge in [0.1, 0.15) is 5.01 Å². The summed E-state index contributed by atoms with van der Waals surface area (Å²) >= 11 is 1.72. The van der Waals surface area contributed by atoms with Gasteiger partial charge in [0.15, 0.2) is 0 Å². The van der Waals surface area contributed by atoms with Gasteiger partial charge < -0.3 is 4.90 Å². The van der Waals surface area contributed by atoms with Gasteiger partial charge in [0.05, 0.1) is 10.2 Å². The van der Waals surface area contributed by atoms with Crippen LogP contribution in [0.4, 0.5) is 17.1 Å². The molecule has 0 amide bonds. The van der Waals surface area contributed by atoms with Crippen molar-refractivity contribution >= 4 is 50.8 Å². The fourth-order valence-electron chi connectivity index (χ4n) is 3.70. The van der Waals surface area contributed by atoms with Crippen LogP contribution in [0.3, 0.4) is 0 Å². The molecule has 0 fully saturated rings. The zero-order valence-corrected chi connectivity index (χ0v) is 19.0. The molecule has 0 aliphatic rings. The summed E-state index contributed by atoms with van der Waals surface area (Å²) in [5.74, 6) is 0. The topological polar surface area (TPSA) is 16.1 Å². The summed E-state index contributed by atoms with van der Waals surface area (Å²) in [7, 11) is 0. The van der Waals surface area contributed by atoms with E-state index in [0.29, 0.717) is 0 Å². The van der Waals surface area contributed by atoms with Crippen LogP contribution in [0.15, 0.2) is 97.1 Å². The molecular weight excluding hydrogens is 408 g/mol. The second kappa shape index (κ2) is 8.81. The van der Waals surface area contributed by atoms with Gasteiger partial charge in [0, 0.05) is 17.1 Å². The third-order valence-corrected chi connectivity index (χ3v) is 6.47. The van der Waals surface area contributed by atoms with Gasteiger partial charge >= 0.3 is 0 Å². The summed E-state index contributed by atoms with van der Waals surface area (Å²) < 4.78 is 1.22. The fraction of sp³-hybridized carbons (Fsp3) is 0.0690.